The molecule has 40 heavy (non-hydrogen) atoms. The highest BCUT2D eigenvalue weighted by Gasteiger charge is 2.36. The molecule has 1 aromatic rings. The highest BCUT2D eigenvalue weighted by Crippen LogP contribution is 2.38. The number of benzene rings is 1. The molecule has 0 fully saturated rings. The van der Waals surface area contributed by atoms with Gasteiger partial charge in [0.25, 0.3) is 0 Å². The smallest absolute Gasteiger partial charge is 0.480 e. The summed E-state index contributed by atoms with van der Waals surface area (Å²) >= 11 is 0. The molecular formula is C29H45NO10. The normalized spacial score (nSPS) is 15.7. The Bertz CT molecular complexity index is 1050. The quantitative estimate of drug-likeness (QED) is 0.204. The van der Waals surface area contributed by atoms with Crippen LogP contribution < -0.4 is 15.2 Å². The van der Waals surface area contributed by atoms with Crippen LogP contribution in [0.25, 0.3) is 0 Å². The molecule has 0 aliphatic carbocycles. The standard InChI is InChI=1S/C29H45NO10/c1-15(2)16(3)25(33)36-18(5)17(4)22(23(30)24(31)32)19-12-13-20(37-26(34)39-28(6,7)8)21(14-19)38-27(35)40-29(9,10)11/h12-18,22-23H,30H2,1-11H3,(H,31,32)/t16?,17?,18?,22?,23-/m0/s1. The third-order valence-electron chi connectivity index (χ3n) is 6.17. The lowest BCUT2D eigenvalue weighted by Gasteiger charge is -2.32. The van der Waals surface area contributed by atoms with E-state index in [0.29, 0.717) is 5.56 Å². The van der Waals surface area contributed by atoms with Crippen molar-refractivity contribution in [3.63, 3.8) is 0 Å². The van der Waals surface area contributed by atoms with Crippen molar-refractivity contribution in [2.24, 2.45) is 23.5 Å². The van der Waals surface area contributed by atoms with Gasteiger partial charge < -0.3 is 34.5 Å². The zero-order valence-corrected chi connectivity index (χ0v) is 25.4. The maximum Gasteiger partial charge on any atom is 0.514 e. The summed E-state index contributed by atoms with van der Waals surface area (Å²) in [6.07, 6.45) is -2.82. The van der Waals surface area contributed by atoms with E-state index in [1.165, 1.54) is 18.2 Å². The van der Waals surface area contributed by atoms with Crippen molar-refractivity contribution < 1.29 is 48.0 Å². The molecule has 0 radical (unpaired) electrons. The van der Waals surface area contributed by atoms with Gasteiger partial charge in [-0.1, -0.05) is 33.8 Å². The predicted octanol–water partition coefficient (Wildman–Crippen LogP) is 5.67. The minimum absolute atomic E-state index is 0.0529. The zero-order chi connectivity index (χ0) is 31.2. The van der Waals surface area contributed by atoms with Gasteiger partial charge in [-0.3, -0.25) is 9.59 Å². The lowest BCUT2D eigenvalue weighted by molar-refractivity contribution is -0.157. The van der Waals surface area contributed by atoms with Gasteiger partial charge in [0.2, 0.25) is 0 Å². The topological polar surface area (TPSA) is 161 Å². The second-order valence-electron chi connectivity index (χ2n) is 12.3. The summed E-state index contributed by atoms with van der Waals surface area (Å²) in [5.41, 5.74) is 4.73. The Morgan fingerprint density at radius 3 is 1.70 bits per heavy atom. The lowest BCUT2D eigenvalue weighted by atomic mass is 9.79. The number of hydrogen-bond acceptors (Lipinski definition) is 10. The third-order valence-corrected chi connectivity index (χ3v) is 6.17. The fraction of sp³-hybridized carbons (Fsp3) is 0.655. The van der Waals surface area contributed by atoms with Crippen LogP contribution in [0.15, 0.2) is 18.2 Å². The first kappa shape index (κ1) is 34.7. The van der Waals surface area contributed by atoms with E-state index in [-0.39, 0.29) is 23.3 Å². The van der Waals surface area contributed by atoms with Gasteiger partial charge in [0.15, 0.2) is 11.5 Å². The van der Waals surface area contributed by atoms with Gasteiger partial charge in [-0.2, -0.15) is 0 Å². The molecule has 1 aromatic carbocycles. The van der Waals surface area contributed by atoms with E-state index < -0.39 is 59.4 Å². The molecule has 11 heteroatoms. The first-order chi connectivity index (χ1) is 18.1. The number of carboxylic acids is 1. The number of nitrogens with two attached hydrogens (primary N) is 1. The van der Waals surface area contributed by atoms with Crippen molar-refractivity contribution in [2.75, 3.05) is 0 Å². The zero-order valence-electron chi connectivity index (χ0n) is 25.4. The van der Waals surface area contributed by atoms with Gasteiger partial charge in [-0.05, 0) is 72.1 Å². The van der Waals surface area contributed by atoms with Gasteiger partial charge in [-0.25, -0.2) is 9.59 Å². The maximum atomic E-state index is 12.6. The Labute approximate surface area is 236 Å². The Kier molecular flexibility index (Phi) is 12.0. The molecule has 0 spiro atoms. The highest BCUT2D eigenvalue weighted by molar-refractivity contribution is 5.75. The van der Waals surface area contributed by atoms with Crippen LogP contribution in [-0.4, -0.2) is 52.7 Å². The summed E-state index contributed by atoms with van der Waals surface area (Å²) < 4.78 is 26.8. The van der Waals surface area contributed by atoms with Crippen molar-refractivity contribution >= 4 is 24.2 Å². The molecule has 226 valence electrons. The molecule has 0 amide bonds. The first-order valence-corrected chi connectivity index (χ1v) is 13.3. The molecule has 1 rings (SSSR count). The van der Waals surface area contributed by atoms with Crippen molar-refractivity contribution in [2.45, 2.75) is 105 Å². The summed E-state index contributed by atoms with van der Waals surface area (Å²) in [5.74, 6) is -3.86. The molecule has 0 saturated heterocycles. The summed E-state index contributed by atoms with van der Waals surface area (Å²) in [4.78, 5) is 49.5. The van der Waals surface area contributed by atoms with Crippen molar-refractivity contribution in [3.05, 3.63) is 23.8 Å². The van der Waals surface area contributed by atoms with Crippen molar-refractivity contribution in [3.8, 4) is 11.5 Å². The van der Waals surface area contributed by atoms with Crippen LogP contribution in [0, 0.1) is 17.8 Å². The highest BCUT2D eigenvalue weighted by atomic mass is 16.8. The van der Waals surface area contributed by atoms with E-state index in [1.807, 2.05) is 13.8 Å². The molecule has 0 saturated carbocycles. The molecule has 11 nitrogen and oxygen atoms in total. The molecule has 4 unspecified atom stereocenters. The van der Waals surface area contributed by atoms with Crippen LogP contribution >= 0.6 is 0 Å². The number of ether oxygens (including phenoxy) is 5. The Hall–Kier alpha value is -3.34. The number of carboxylic acid groups (broad SMARTS) is 1. The number of esters is 1. The number of aliphatic carboxylic acids is 1. The number of carbonyl (C=O) groups excluding carboxylic acids is 3. The average molecular weight is 568 g/mol. The molecule has 0 heterocycles. The maximum absolute atomic E-state index is 12.6. The van der Waals surface area contributed by atoms with E-state index in [4.69, 9.17) is 29.4 Å². The fourth-order valence-corrected chi connectivity index (χ4v) is 3.57. The van der Waals surface area contributed by atoms with Gasteiger partial charge in [-0.15, -0.1) is 0 Å². The van der Waals surface area contributed by atoms with E-state index in [0.717, 1.165) is 0 Å². The largest absolute Gasteiger partial charge is 0.514 e. The summed E-state index contributed by atoms with van der Waals surface area (Å²) in [7, 11) is 0. The molecule has 0 aliphatic heterocycles. The van der Waals surface area contributed by atoms with Crippen molar-refractivity contribution in [1.29, 1.82) is 0 Å². The predicted molar refractivity (Wildman–Crippen MR) is 147 cm³/mol. The summed E-state index contributed by atoms with van der Waals surface area (Å²) in [5, 5.41) is 9.79. The Morgan fingerprint density at radius 2 is 1.27 bits per heavy atom. The lowest BCUT2D eigenvalue weighted by Crippen LogP contribution is -2.43. The molecule has 0 aliphatic rings. The van der Waals surface area contributed by atoms with Gasteiger partial charge in [0, 0.05) is 11.8 Å². The summed E-state index contributed by atoms with van der Waals surface area (Å²) in [6, 6.07) is 2.77. The van der Waals surface area contributed by atoms with Crippen LogP contribution in [0.2, 0.25) is 0 Å². The van der Waals surface area contributed by atoms with Crippen LogP contribution in [0.3, 0.4) is 0 Å². The Morgan fingerprint density at radius 1 is 0.800 bits per heavy atom. The van der Waals surface area contributed by atoms with Crippen LogP contribution in [0.5, 0.6) is 11.5 Å². The van der Waals surface area contributed by atoms with Crippen LogP contribution in [0.1, 0.15) is 87.6 Å². The fourth-order valence-electron chi connectivity index (χ4n) is 3.57. The molecule has 3 N–H and O–H groups in total. The second-order valence-corrected chi connectivity index (χ2v) is 12.3. The Balaban J connectivity index is 3.52. The van der Waals surface area contributed by atoms with Gasteiger partial charge in [0.1, 0.15) is 23.3 Å². The van der Waals surface area contributed by atoms with Crippen LogP contribution in [-0.2, 0) is 23.8 Å². The molecule has 5 atom stereocenters. The molecule has 0 aromatic heterocycles. The minimum Gasteiger partial charge on any atom is -0.480 e. The van der Waals surface area contributed by atoms with Gasteiger partial charge in [0.05, 0.1) is 5.92 Å². The first-order valence-electron chi connectivity index (χ1n) is 13.3. The molecule has 0 bridgehead atoms. The monoisotopic (exact) mass is 567 g/mol. The van der Waals surface area contributed by atoms with E-state index in [2.05, 4.69) is 0 Å². The van der Waals surface area contributed by atoms with Crippen molar-refractivity contribution in [1.82, 2.24) is 0 Å². The van der Waals surface area contributed by atoms with E-state index in [9.17, 15) is 24.3 Å². The van der Waals surface area contributed by atoms with Gasteiger partial charge >= 0.3 is 24.2 Å². The third kappa shape index (κ3) is 11.0. The number of hydrogen-bond donors (Lipinski definition) is 2. The minimum atomic E-state index is -1.41. The molecular weight excluding hydrogens is 522 g/mol. The van der Waals surface area contributed by atoms with E-state index in [1.54, 1.807) is 62.3 Å². The van der Waals surface area contributed by atoms with E-state index >= 15 is 0 Å². The second kappa shape index (κ2) is 13.8. The number of carbonyl (C=O) groups is 4. The SMILES string of the molecule is CC(C)C(C)C(=O)OC(C)C(C)C(c1ccc(OC(=O)OC(C)(C)C)c(OC(=O)OC(C)(C)C)c1)[C@H](N)C(=O)O. The summed E-state index contributed by atoms with van der Waals surface area (Å²) in [6.45, 7) is 18.8. The average Bonchev–Trinajstić information content (AvgIpc) is 2.77. The van der Waals surface area contributed by atoms with Crippen LogP contribution in [0.4, 0.5) is 9.59 Å². The number of rotatable bonds is 10.